The molecule has 0 saturated carbocycles. The summed E-state index contributed by atoms with van der Waals surface area (Å²) in [6.45, 7) is 1.82. The highest BCUT2D eigenvalue weighted by molar-refractivity contribution is 8.27. The number of rotatable bonds is 4. The van der Waals surface area contributed by atoms with Crippen LogP contribution in [0.4, 0.5) is 11.4 Å². The molecule has 2 heterocycles. The Kier molecular flexibility index (Phi) is 5.60. The largest absolute Gasteiger partial charge is 0.378 e. The molecule has 0 aliphatic carbocycles. The van der Waals surface area contributed by atoms with Gasteiger partial charge in [0.15, 0.2) is 4.32 Å². The van der Waals surface area contributed by atoms with Crippen LogP contribution in [-0.4, -0.2) is 33.7 Å². The quantitative estimate of drug-likeness (QED) is 0.445. The Morgan fingerprint density at radius 2 is 1.65 bits per heavy atom. The van der Waals surface area contributed by atoms with E-state index in [0.717, 1.165) is 16.9 Å². The van der Waals surface area contributed by atoms with Crippen molar-refractivity contribution in [3.63, 3.8) is 0 Å². The Morgan fingerprint density at radius 1 is 1.00 bits per heavy atom. The molecular weight excluding hydrogens is 428 g/mol. The molecule has 1 saturated heterocycles. The standard InChI is InChI=1S/C23H22N4O2S2/c1-15-20(22(29)27(25(15)4)18-8-6-5-7-9-18)26-21(28)19(31-23(26)30)14-16-10-12-17(13-11-16)24(2)3/h5-14H,1-4H3/b19-14-. The van der Waals surface area contributed by atoms with Crippen molar-refractivity contribution in [2.24, 2.45) is 7.05 Å². The van der Waals surface area contributed by atoms with Gasteiger partial charge in [0.1, 0.15) is 5.69 Å². The van der Waals surface area contributed by atoms with E-state index in [1.807, 2.05) is 86.6 Å². The number of benzene rings is 2. The van der Waals surface area contributed by atoms with Gasteiger partial charge in [-0.2, -0.15) is 0 Å². The first-order valence-corrected chi connectivity index (χ1v) is 10.9. The SMILES string of the molecule is Cc1c(N2C(=O)/C(=C/c3ccc(N(C)C)cc3)SC2=S)c(=O)n(-c2ccccc2)n1C. The molecule has 31 heavy (non-hydrogen) atoms. The fraction of sp³-hybridized carbons (Fsp3) is 0.174. The predicted molar refractivity (Wildman–Crippen MR) is 132 cm³/mol. The first kappa shape index (κ1) is 21.1. The van der Waals surface area contributed by atoms with E-state index in [-0.39, 0.29) is 11.5 Å². The first-order chi connectivity index (χ1) is 14.8. The number of hydrogen-bond acceptors (Lipinski definition) is 5. The lowest BCUT2D eigenvalue weighted by atomic mass is 10.2. The van der Waals surface area contributed by atoms with Gasteiger partial charge in [0.25, 0.3) is 11.5 Å². The number of aromatic nitrogens is 2. The van der Waals surface area contributed by atoms with Crippen molar-refractivity contribution in [1.29, 1.82) is 0 Å². The number of para-hydroxylation sites is 1. The van der Waals surface area contributed by atoms with E-state index in [1.54, 1.807) is 16.4 Å². The molecule has 0 bridgehead atoms. The van der Waals surface area contributed by atoms with Gasteiger partial charge in [-0.3, -0.25) is 19.2 Å². The van der Waals surface area contributed by atoms with Gasteiger partial charge in [-0.25, -0.2) is 4.68 Å². The number of thiocarbonyl (C=S) groups is 1. The zero-order valence-electron chi connectivity index (χ0n) is 17.7. The van der Waals surface area contributed by atoms with Gasteiger partial charge >= 0.3 is 0 Å². The molecule has 0 atom stereocenters. The molecule has 1 aliphatic rings. The van der Waals surface area contributed by atoms with Gasteiger partial charge < -0.3 is 4.90 Å². The number of hydrogen-bond donors (Lipinski definition) is 0. The van der Waals surface area contributed by atoms with Gasteiger partial charge in [-0.1, -0.05) is 54.3 Å². The molecule has 1 aromatic heterocycles. The van der Waals surface area contributed by atoms with E-state index in [4.69, 9.17) is 12.2 Å². The molecule has 0 N–H and O–H groups in total. The van der Waals surface area contributed by atoms with E-state index in [2.05, 4.69) is 0 Å². The Hall–Kier alpha value is -3.10. The van der Waals surface area contributed by atoms with Crippen molar-refractivity contribution in [2.45, 2.75) is 6.92 Å². The Morgan fingerprint density at radius 3 is 2.26 bits per heavy atom. The maximum absolute atomic E-state index is 13.3. The zero-order chi connectivity index (χ0) is 22.3. The van der Waals surface area contributed by atoms with E-state index >= 15 is 0 Å². The Labute approximate surface area is 190 Å². The monoisotopic (exact) mass is 450 g/mol. The van der Waals surface area contributed by atoms with Crippen molar-refractivity contribution in [1.82, 2.24) is 9.36 Å². The highest BCUT2D eigenvalue weighted by atomic mass is 32.2. The number of nitrogens with zero attached hydrogens (tertiary/aromatic N) is 4. The van der Waals surface area contributed by atoms with Crippen molar-refractivity contribution in [3.05, 3.63) is 81.1 Å². The Balaban J connectivity index is 1.73. The summed E-state index contributed by atoms with van der Waals surface area (Å²) in [6, 6.07) is 17.2. The van der Waals surface area contributed by atoms with E-state index in [1.165, 1.54) is 16.7 Å². The summed E-state index contributed by atoms with van der Waals surface area (Å²) in [4.78, 5) is 30.4. The van der Waals surface area contributed by atoms with E-state index < -0.39 is 0 Å². The summed E-state index contributed by atoms with van der Waals surface area (Å²) < 4.78 is 3.65. The summed E-state index contributed by atoms with van der Waals surface area (Å²) in [5, 5.41) is 0. The third-order valence-corrected chi connectivity index (χ3v) is 6.55. The molecular formula is C23H22N4O2S2. The number of carbonyl (C=O) groups excluding carboxylic acids is 1. The molecule has 0 spiro atoms. The van der Waals surface area contributed by atoms with Crippen LogP contribution in [0.5, 0.6) is 0 Å². The molecule has 0 radical (unpaired) electrons. The van der Waals surface area contributed by atoms with Gasteiger partial charge in [0.05, 0.1) is 16.3 Å². The Bertz CT molecular complexity index is 1260. The fourth-order valence-electron chi connectivity index (χ4n) is 3.49. The predicted octanol–water partition coefficient (Wildman–Crippen LogP) is 3.96. The molecule has 158 valence electrons. The molecule has 1 amide bonds. The van der Waals surface area contributed by atoms with E-state index in [0.29, 0.717) is 20.6 Å². The lowest BCUT2D eigenvalue weighted by molar-refractivity contribution is -0.113. The molecule has 1 fully saturated rings. The number of carbonyl (C=O) groups is 1. The van der Waals surface area contributed by atoms with Gasteiger partial charge in [-0.15, -0.1) is 0 Å². The number of amides is 1. The third kappa shape index (κ3) is 3.73. The van der Waals surface area contributed by atoms with Gasteiger partial charge in [0, 0.05) is 26.8 Å². The minimum Gasteiger partial charge on any atom is -0.378 e. The maximum atomic E-state index is 13.3. The molecule has 3 aromatic rings. The van der Waals surface area contributed by atoms with Crippen LogP contribution in [0.1, 0.15) is 11.3 Å². The summed E-state index contributed by atoms with van der Waals surface area (Å²) in [5.74, 6) is -0.280. The number of thioether (sulfide) groups is 1. The highest BCUT2D eigenvalue weighted by Crippen LogP contribution is 2.36. The van der Waals surface area contributed by atoms with Crippen LogP contribution >= 0.6 is 24.0 Å². The second-order valence-electron chi connectivity index (χ2n) is 7.41. The second-order valence-corrected chi connectivity index (χ2v) is 9.09. The topological polar surface area (TPSA) is 50.5 Å². The normalized spacial score (nSPS) is 15.2. The van der Waals surface area contributed by atoms with Crippen LogP contribution < -0.4 is 15.4 Å². The smallest absolute Gasteiger partial charge is 0.296 e. The average Bonchev–Trinajstić information content (AvgIpc) is 3.14. The highest BCUT2D eigenvalue weighted by Gasteiger charge is 2.37. The lowest BCUT2D eigenvalue weighted by Gasteiger charge is -2.12. The van der Waals surface area contributed by atoms with E-state index in [9.17, 15) is 9.59 Å². The third-order valence-electron chi connectivity index (χ3n) is 5.25. The average molecular weight is 451 g/mol. The van der Waals surface area contributed by atoms with Crippen molar-refractivity contribution in [2.75, 3.05) is 23.9 Å². The minimum atomic E-state index is -0.280. The summed E-state index contributed by atoms with van der Waals surface area (Å²) in [5.41, 5.74) is 3.39. The molecule has 8 heteroatoms. The van der Waals surface area contributed by atoms with Crippen LogP contribution in [0.15, 0.2) is 64.3 Å². The van der Waals surface area contributed by atoms with Crippen LogP contribution in [0, 0.1) is 6.92 Å². The molecule has 1 aliphatic heterocycles. The minimum absolute atomic E-state index is 0.279. The second kappa shape index (κ2) is 8.20. The summed E-state index contributed by atoms with van der Waals surface area (Å²) >= 11 is 6.71. The van der Waals surface area contributed by atoms with Crippen LogP contribution in [0.25, 0.3) is 11.8 Å². The maximum Gasteiger partial charge on any atom is 0.296 e. The fourth-order valence-corrected chi connectivity index (χ4v) is 4.76. The summed E-state index contributed by atoms with van der Waals surface area (Å²) in [6.07, 6.45) is 1.81. The molecule has 4 rings (SSSR count). The van der Waals surface area contributed by atoms with Gasteiger partial charge in [-0.05, 0) is 42.8 Å². The van der Waals surface area contributed by atoms with Crippen molar-refractivity contribution < 1.29 is 4.79 Å². The van der Waals surface area contributed by atoms with Crippen LogP contribution in [-0.2, 0) is 11.8 Å². The molecule has 6 nitrogen and oxygen atoms in total. The van der Waals surface area contributed by atoms with Gasteiger partial charge in [0.2, 0.25) is 0 Å². The molecule has 0 unspecified atom stereocenters. The number of anilines is 2. The summed E-state index contributed by atoms with van der Waals surface area (Å²) in [7, 11) is 5.75. The lowest BCUT2D eigenvalue weighted by Crippen LogP contribution is -2.33. The first-order valence-electron chi connectivity index (χ1n) is 9.69. The zero-order valence-corrected chi connectivity index (χ0v) is 19.3. The van der Waals surface area contributed by atoms with Crippen LogP contribution in [0.3, 0.4) is 0 Å². The van der Waals surface area contributed by atoms with Crippen LogP contribution in [0.2, 0.25) is 0 Å². The molecule has 2 aromatic carbocycles. The van der Waals surface area contributed by atoms with Crippen molar-refractivity contribution >= 4 is 51.7 Å². The van der Waals surface area contributed by atoms with Crippen molar-refractivity contribution in [3.8, 4) is 5.69 Å².